The molecule has 2 aromatic rings. The molecular weight excluding hydrogens is 1130 g/mol. The summed E-state index contributed by atoms with van der Waals surface area (Å²) in [5, 5.41) is 0. The monoisotopic (exact) mass is 1280 g/mol. The van der Waals surface area contributed by atoms with Gasteiger partial charge in [0.05, 0.1) is 6.26 Å². The minimum absolute atomic E-state index is 0.0210. The Labute approximate surface area is 570 Å². The molecule has 0 bridgehead atoms. The number of rotatable bonds is 42. The Morgan fingerprint density at radius 2 is 0.717 bits per heavy atom. The molecule has 92 heavy (non-hydrogen) atoms. The van der Waals surface area contributed by atoms with Gasteiger partial charge in [0.1, 0.15) is 39.9 Å². The van der Waals surface area contributed by atoms with E-state index in [1.54, 1.807) is 0 Å². The Morgan fingerprint density at radius 3 is 1.10 bits per heavy atom. The van der Waals surface area contributed by atoms with Gasteiger partial charge >= 0.3 is 0 Å². The molecular formula is C87H150F2O3. The highest BCUT2D eigenvalue weighted by Crippen LogP contribution is 2.44. The number of benzene rings is 2. The highest BCUT2D eigenvalue weighted by Gasteiger charge is 2.36. The number of unbranched alkanes of at least 4 members (excludes halogenated alkanes) is 26. The van der Waals surface area contributed by atoms with Gasteiger partial charge in [-0.25, -0.2) is 8.78 Å². The molecule has 0 amide bonds. The summed E-state index contributed by atoms with van der Waals surface area (Å²) >= 11 is 0. The number of halogens is 2. The number of hydrogen-bond donors (Lipinski definition) is 0. The molecule has 0 N–H and O–H groups in total. The fourth-order valence-electron chi connectivity index (χ4n) is 14.8. The Bertz CT molecular complexity index is 2420. The van der Waals surface area contributed by atoms with E-state index in [1.165, 1.54) is 254 Å². The lowest BCUT2D eigenvalue weighted by atomic mass is 9.84. The average Bonchev–Trinajstić information content (AvgIpc) is 0.779. The van der Waals surface area contributed by atoms with Crippen molar-refractivity contribution in [3.05, 3.63) is 91.3 Å². The molecule has 2 aromatic carbocycles. The lowest BCUT2D eigenvalue weighted by molar-refractivity contribution is 0.0206. The summed E-state index contributed by atoms with van der Waals surface area (Å²) in [5.41, 5.74) is 10.9. The van der Waals surface area contributed by atoms with Crippen LogP contribution in [0.25, 0.3) is 0 Å². The molecule has 0 aliphatic carbocycles. The standard InChI is InChI=1S/2C29H49FO.C29H52O/c1-20(2)12-9-13-21(3)14-10-15-22(4)16-11-18-29(8)19-17-26-25(7)27(30)23(5)24(6)28(26)31-29;1-6-7-8-9-10-11-12-13-14-15-16-17-18-19-21-29(5)22-20-26-25(4)27(30)23(2)24(3)28(26)31-29;1-6-7-8-9-10-11-12-13-14-15-16-17-18-19-22-29(5)23-20-21-26(2)24-27(3)28(4)25-30-29/h20-22H,9-19H2,1-8H3;6-22H2,1-5H3;21,24-25H,6-20,22-23H2,1-5H3/b;;26-21+,27-24-,28-25+/t21-,22-,29-;2*29-/m111/s1/i30+0;;. The van der Waals surface area contributed by atoms with E-state index >= 15 is 0 Å². The summed E-state index contributed by atoms with van der Waals surface area (Å²) in [5.74, 6) is 4.35. The maximum absolute atomic E-state index is 14.5. The predicted molar refractivity (Wildman–Crippen MR) is 401 cm³/mol. The normalized spacial score (nSPS) is 21.3. The summed E-state index contributed by atoms with van der Waals surface area (Å²) in [6.45, 7) is 39.0. The third-order valence-corrected chi connectivity index (χ3v) is 22.2. The van der Waals surface area contributed by atoms with Crippen LogP contribution in [0.1, 0.15) is 404 Å². The van der Waals surface area contributed by atoms with Gasteiger partial charge in [-0.1, -0.05) is 271 Å². The molecule has 5 atom stereocenters. The van der Waals surface area contributed by atoms with E-state index in [0.717, 1.165) is 125 Å². The van der Waals surface area contributed by atoms with Crippen molar-refractivity contribution in [2.75, 3.05) is 0 Å². The van der Waals surface area contributed by atoms with Crippen molar-refractivity contribution < 1.29 is 23.0 Å². The van der Waals surface area contributed by atoms with Crippen LogP contribution >= 0.6 is 0 Å². The Balaban J connectivity index is 0.000000360. The molecule has 3 aliphatic rings. The van der Waals surface area contributed by atoms with Crippen molar-refractivity contribution in [2.45, 2.75) is 430 Å². The van der Waals surface area contributed by atoms with Crippen molar-refractivity contribution in [1.29, 1.82) is 0 Å². The maximum atomic E-state index is 14.5. The Morgan fingerprint density at radius 1 is 0.380 bits per heavy atom. The van der Waals surface area contributed by atoms with Crippen molar-refractivity contribution in [1.82, 2.24) is 0 Å². The van der Waals surface area contributed by atoms with Gasteiger partial charge < -0.3 is 14.2 Å². The van der Waals surface area contributed by atoms with Crippen LogP contribution in [0.15, 0.2) is 35.1 Å². The highest BCUT2D eigenvalue weighted by molar-refractivity contribution is 5.53. The van der Waals surface area contributed by atoms with Gasteiger partial charge in [0.25, 0.3) is 0 Å². The van der Waals surface area contributed by atoms with Crippen molar-refractivity contribution in [2.24, 2.45) is 17.8 Å². The molecule has 0 radical (unpaired) electrons. The van der Waals surface area contributed by atoms with E-state index in [2.05, 4.69) is 95.2 Å². The van der Waals surface area contributed by atoms with Gasteiger partial charge in [-0.05, 0) is 222 Å². The van der Waals surface area contributed by atoms with Gasteiger partial charge in [0.2, 0.25) is 0 Å². The average molecular weight is 1280 g/mol. The lowest BCUT2D eigenvalue weighted by Crippen LogP contribution is -2.37. The second-order valence-electron chi connectivity index (χ2n) is 31.8. The summed E-state index contributed by atoms with van der Waals surface area (Å²) in [4.78, 5) is 0. The molecule has 3 nitrogen and oxygen atoms in total. The van der Waals surface area contributed by atoms with Crippen molar-refractivity contribution in [3.63, 3.8) is 0 Å². The molecule has 0 spiro atoms. The van der Waals surface area contributed by atoms with E-state index < -0.39 is 0 Å². The van der Waals surface area contributed by atoms with E-state index in [9.17, 15) is 8.78 Å². The molecule has 0 saturated heterocycles. The second kappa shape index (κ2) is 46.2. The van der Waals surface area contributed by atoms with E-state index in [4.69, 9.17) is 14.2 Å². The molecule has 3 heterocycles. The van der Waals surface area contributed by atoms with Crippen LogP contribution in [0, 0.1) is 70.9 Å². The first kappa shape index (κ1) is 83.1. The minimum Gasteiger partial charge on any atom is -0.495 e. The highest BCUT2D eigenvalue weighted by atomic mass is 19.1. The first-order valence-electron chi connectivity index (χ1n) is 39.5. The number of fused-ring (bicyclic) bond motifs is 2. The number of allylic oxidation sites excluding steroid dienone is 5. The molecule has 3 aliphatic heterocycles. The van der Waals surface area contributed by atoms with E-state index in [-0.39, 0.29) is 28.4 Å². The van der Waals surface area contributed by atoms with E-state index in [1.807, 2.05) is 47.8 Å². The van der Waals surface area contributed by atoms with Gasteiger partial charge in [-0.15, -0.1) is 0 Å². The fourth-order valence-corrected chi connectivity index (χ4v) is 14.8. The zero-order chi connectivity index (χ0) is 68.0. The molecule has 0 aromatic heterocycles. The van der Waals surface area contributed by atoms with Crippen LogP contribution in [-0.2, 0) is 17.6 Å². The van der Waals surface area contributed by atoms with Crippen LogP contribution < -0.4 is 9.47 Å². The lowest BCUT2D eigenvalue weighted by Gasteiger charge is -2.38. The van der Waals surface area contributed by atoms with Gasteiger partial charge in [-0.2, -0.15) is 0 Å². The fraction of sp³-hybridized carbons (Fsp3) is 0.793. The second-order valence-corrected chi connectivity index (χ2v) is 31.8. The van der Waals surface area contributed by atoms with Crippen molar-refractivity contribution in [3.8, 4) is 11.5 Å². The van der Waals surface area contributed by atoms with E-state index in [0.29, 0.717) is 0 Å². The molecule has 5 heteroatoms. The zero-order valence-electron chi connectivity index (χ0n) is 64.3. The summed E-state index contributed by atoms with van der Waals surface area (Å²) in [6.07, 6.45) is 66.2. The third kappa shape index (κ3) is 32.3. The van der Waals surface area contributed by atoms with Gasteiger partial charge in [0, 0.05) is 11.1 Å². The zero-order valence-corrected chi connectivity index (χ0v) is 64.3. The van der Waals surface area contributed by atoms with Crippen LogP contribution in [0.3, 0.4) is 0 Å². The first-order chi connectivity index (χ1) is 43.9. The topological polar surface area (TPSA) is 27.7 Å². The molecule has 530 valence electrons. The summed E-state index contributed by atoms with van der Waals surface area (Å²) in [6, 6.07) is 0. The number of ether oxygens (including phenoxy) is 3. The van der Waals surface area contributed by atoms with Crippen LogP contribution in [-0.4, -0.2) is 16.8 Å². The maximum Gasteiger partial charge on any atom is 0.129 e. The largest absolute Gasteiger partial charge is 0.495 e. The van der Waals surface area contributed by atoms with Gasteiger partial charge in [-0.3, -0.25) is 0 Å². The number of hydrogen-bond acceptors (Lipinski definition) is 3. The first-order valence-corrected chi connectivity index (χ1v) is 39.5. The quantitative estimate of drug-likeness (QED) is 0.0620. The molecule has 5 rings (SSSR count). The Hall–Kier alpha value is -3.08. The molecule has 0 fully saturated rings. The third-order valence-electron chi connectivity index (χ3n) is 22.2. The van der Waals surface area contributed by atoms with Crippen molar-refractivity contribution >= 4 is 0 Å². The minimum atomic E-state index is -0.112. The van der Waals surface area contributed by atoms with Gasteiger partial charge in [0.15, 0.2) is 0 Å². The summed E-state index contributed by atoms with van der Waals surface area (Å²) < 4.78 is 48.2. The summed E-state index contributed by atoms with van der Waals surface area (Å²) in [7, 11) is 0. The predicted octanol–water partition coefficient (Wildman–Crippen LogP) is 29.2. The molecule has 0 saturated carbocycles. The SMILES string of the molecule is CCCCCCCCCCCCCCCC[C@]1(C)CC/C=C(C)/C=C(C)\C(C)=C\O1.CCCCCCCCCCCCCCCC[C@]1(C)CCc2c(C)c(F)c(C)c(C)c2O1.Cc1c(C)c2c(c(C)c1[19F])CC[C@@](C)(CCC[C@H](C)CCC[C@H](C)CCCC(C)C)O2. The smallest absolute Gasteiger partial charge is 0.129 e. The Kier molecular flexibility index (Phi) is 41.7. The van der Waals surface area contributed by atoms with Crippen LogP contribution in [0.4, 0.5) is 8.78 Å². The van der Waals surface area contributed by atoms with Crippen LogP contribution in [0.5, 0.6) is 11.5 Å². The van der Waals surface area contributed by atoms with Crippen LogP contribution in [0.2, 0.25) is 0 Å². The molecule has 0 unspecified atom stereocenters.